The summed E-state index contributed by atoms with van der Waals surface area (Å²) in [7, 11) is 2.07. The van der Waals surface area contributed by atoms with Crippen molar-refractivity contribution in [3.8, 4) is 0 Å². The minimum Gasteiger partial charge on any atom is -0.374 e. The van der Waals surface area contributed by atoms with E-state index in [9.17, 15) is 0 Å². The maximum Gasteiger partial charge on any atom is 0.189 e. The van der Waals surface area contributed by atoms with Crippen LogP contribution in [-0.4, -0.2) is 51.2 Å². The van der Waals surface area contributed by atoms with Gasteiger partial charge in [0, 0.05) is 52.0 Å². The molecule has 1 aliphatic heterocycles. The van der Waals surface area contributed by atoms with Gasteiger partial charge in [0.25, 0.3) is 0 Å². The van der Waals surface area contributed by atoms with Crippen molar-refractivity contribution in [1.82, 2.24) is 4.90 Å². The Kier molecular flexibility index (Phi) is 6.26. The second kappa shape index (κ2) is 8.64. The molecule has 2 aromatic rings. The molecule has 2 aromatic carbocycles. The minimum absolute atomic E-state index is 0.606. The second-order valence-corrected chi connectivity index (χ2v) is 7.24. The van der Waals surface area contributed by atoms with Gasteiger partial charge in [-0.15, -0.1) is 0 Å². The highest BCUT2D eigenvalue weighted by Gasteiger charge is 2.19. The summed E-state index contributed by atoms with van der Waals surface area (Å²) >= 11 is 12.5. The Morgan fingerprint density at radius 2 is 1.81 bits per heavy atom. The first kappa shape index (κ1) is 18.8. The van der Waals surface area contributed by atoms with Crippen molar-refractivity contribution >= 4 is 40.3 Å². The highest BCUT2D eigenvalue weighted by Crippen LogP contribution is 2.32. The molecule has 0 amide bonds. The predicted molar refractivity (Wildman–Crippen MR) is 111 cm³/mol. The van der Waals surface area contributed by atoms with Crippen LogP contribution in [0.15, 0.2) is 42.5 Å². The molecule has 0 radical (unpaired) electrons. The number of likely N-dealkylation sites (N-methyl/N-ethyl adjacent to an activating group) is 1. The summed E-state index contributed by atoms with van der Waals surface area (Å²) in [6.07, 6.45) is 0. The number of rotatable bonds is 5. The molecule has 0 N–H and O–H groups in total. The van der Waals surface area contributed by atoms with Crippen LogP contribution in [0.3, 0.4) is 0 Å². The maximum atomic E-state index is 7.14. The zero-order valence-corrected chi connectivity index (χ0v) is 16.3. The number of anilines is 2. The Morgan fingerprint density at radius 3 is 2.54 bits per heavy atom. The molecule has 0 unspecified atom stereocenters. The van der Waals surface area contributed by atoms with Crippen LogP contribution in [0, 0.1) is 6.57 Å². The van der Waals surface area contributed by atoms with E-state index in [2.05, 4.69) is 26.6 Å². The summed E-state index contributed by atoms with van der Waals surface area (Å²) in [5.74, 6) is 0. The van der Waals surface area contributed by atoms with Crippen LogP contribution in [0.25, 0.3) is 4.85 Å². The van der Waals surface area contributed by atoms with Crippen molar-refractivity contribution in [3.63, 3.8) is 0 Å². The highest BCUT2D eigenvalue weighted by molar-refractivity contribution is 6.43. The molecule has 0 spiro atoms. The molecule has 3 rings (SSSR count). The molecule has 1 heterocycles. The molecule has 0 atom stereocenters. The number of nitrogens with zero attached hydrogens (tertiary/aromatic N) is 4. The maximum absolute atomic E-state index is 7.14. The van der Waals surface area contributed by atoms with Gasteiger partial charge >= 0.3 is 0 Å². The third kappa shape index (κ3) is 4.42. The van der Waals surface area contributed by atoms with Gasteiger partial charge in [-0.25, -0.2) is 4.85 Å². The lowest BCUT2D eigenvalue weighted by Gasteiger charge is -2.37. The fraction of sp³-hybridized carbons (Fsp3) is 0.350. The van der Waals surface area contributed by atoms with Crippen molar-refractivity contribution in [3.05, 3.63) is 63.9 Å². The number of benzene rings is 2. The molecule has 6 heteroatoms. The van der Waals surface area contributed by atoms with Crippen LogP contribution in [0.5, 0.6) is 0 Å². The van der Waals surface area contributed by atoms with Gasteiger partial charge in [0.05, 0.1) is 22.3 Å². The van der Waals surface area contributed by atoms with Crippen LogP contribution in [-0.2, 0) is 0 Å². The van der Waals surface area contributed by atoms with Crippen LogP contribution in [0.4, 0.5) is 17.1 Å². The molecular formula is C20H22Cl2N4. The van der Waals surface area contributed by atoms with Crippen molar-refractivity contribution in [2.24, 2.45) is 0 Å². The molecule has 0 aromatic heterocycles. The molecular weight excluding hydrogens is 367 g/mol. The van der Waals surface area contributed by atoms with Crippen molar-refractivity contribution < 1.29 is 0 Å². The first-order valence-electron chi connectivity index (χ1n) is 8.68. The minimum atomic E-state index is 0.606. The molecule has 0 aliphatic carbocycles. The van der Waals surface area contributed by atoms with E-state index in [1.165, 1.54) is 0 Å². The molecule has 0 saturated carbocycles. The number of hydrogen-bond acceptors (Lipinski definition) is 3. The number of hydrogen-bond donors (Lipinski definition) is 0. The second-order valence-electron chi connectivity index (χ2n) is 6.45. The number of halogens is 2. The largest absolute Gasteiger partial charge is 0.374 e. The van der Waals surface area contributed by atoms with Crippen molar-refractivity contribution in [2.45, 2.75) is 0 Å². The predicted octanol–water partition coefficient (Wildman–Crippen LogP) is 4.80. The smallest absolute Gasteiger partial charge is 0.189 e. The molecule has 136 valence electrons. The SMILES string of the molecule is [C-]#[N+]c1cccc(N(C)CCN2CCN(c3cccc(Cl)c3Cl)CC2)c1. The summed E-state index contributed by atoms with van der Waals surface area (Å²) in [6.45, 7) is 12.9. The summed E-state index contributed by atoms with van der Waals surface area (Å²) in [5.41, 5.74) is 2.79. The molecule has 1 fully saturated rings. The van der Waals surface area contributed by atoms with E-state index < -0.39 is 0 Å². The average Bonchev–Trinajstić information content (AvgIpc) is 2.69. The Bertz CT molecular complexity index is 795. The summed E-state index contributed by atoms with van der Waals surface area (Å²) < 4.78 is 0. The summed E-state index contributed by atoms with van der Waals surface area (Å²) in [6, 6.07) is 13.6. The van der Waals surface area contributed by atoms with Crippen molar-refractivity contribution in [2.75, 3.05) is 56.1 Å². The Balaban J connectivity index is 1.51. The lowest BCUT2D eigenvalue weighted by atomic mass is 10.2. The topological polar surface area (TPSA) is 14.1 Å². The molecule has 4 nitrogen and oxygen atoms in total. The van der Waals surface area contributed by atoms with Crippen LogP contribution in [0.2, 0.25) is 10.0 Å². The highest BCUT2D eigenvalue weighted by atomic mass is 35.5. The molecule has 26 heavy (non-hydrogen) atoms. The zero-order valence-electron chi connectivity index (χ0n) is 14.8. The average molecular weight is 389 g/mol. The van der Waals surface area contributed by atoms with E-state index in [0.29, 0.717) is 15.7 Å². The van der Waals surface area contributed by atoms with E-state index >= 15 is 0 Å². The fourth-order valence-corrected chi connectivity index (χ4v) is 3.58. The van der Waals surface area contributed by atoms with E-state index in [4.69, 9.17) is 29.8 Å². The lowest BCUT2D eigenvalue weighted by Crippen LogP contribution is -2.48. The monoisotopic (exact) mass is 388 g/mol. The Labute approximate surface area is 165 Å². The third-order valence-electron chi connectivity index (χ3n) is 4.80. The van der Waals surface area contributed by atoms with E-state index in [1.54, 1.807) is 0 Å². The van der Waals surface area contributed by atoms with Crippen molar-refractivity contribution in [1.29, 1.82) is 0 Å². The zero-order chi connectivity index (χ0) is 18.5. The standard InChI is InChI=1S/C20H22Cl2N4/c1-23-16-5-3-6-17(15-16)24(2)9-10-25-11-13-26(14-12-25)19-8-4-7-18(21)20(19)22/h3-8,15H,9-14H2,2H3. The van der Waals surface area contributed by atoms with Crippen LogP contribution < -0.4 is 9.80 Å². The quantitative estimate of drug-likeness (QED) is 0.683. The van der Waals surface area contributed by atoms with Gasteiger partial charge in [0.1, 0.15) is 0 Å². The van der Waals surface area contributed by atoms with Gasteiger partial charge in [0.2, 0.25) is 0 Å². The number of piperazine rings is 1. The Morgan fingerprint density at radius 1 is 1.08 bits per heavy atom. The van der Waals surface area contributed by atoms with Gasteiger partial charge in [-0.2, -0.15) is 0 Å². The summed E-state index contributed by atoms with van der Waals surface area (Å²) in [4.78, 5) is 10.5. The van der Waals surface area contributed by atoms with Gasteiger partial charge in [-0.05, 0) is 24.3 Å². The van der Waals surface area contributed by atoms with Gasteiger partial charge < -0.3 is 9.80 Å². The first-order valence-corrected chi connectivity index (χ1v) is 9.44. The molecule has 0 bridgehead atoms. The summed E-state index contributed by atoms with van der Waals surface area (Å²) in [5, 5.41) is 1.25. The fourth-order valence-electron chi connectivity index (χ4n) is 3.17. The van der Waals surface area contributed by atoms with Gasteiger partial charge in [0.15, 0.2) is 5.69 Å². The Hall–Kier alpha value is -1.93. The molecule has 1 saturated heterocycles. The van der Waals surface area contributed by atoms with Gasteiger partial charge in [-0.1, -0.05) is 41.4 Å². The molecule has 1 aliphatic rings. The lowest BCUT2D eigenvalue weighted by molar-refractivity contribution is 0.264. The normalized spacial score (nSPS) is 14.9. The van der Waals surface area contributed by atoms with Gasteiger partial charge in [-0.3, -0.25) is 4.90 Å². The first-order chi connectivity index (χ1) is 12.6. The van der Waals surface area contributed by atoms with Crippen LogP contribution >= 0.6 is 23.2 Å². The van der Waals surface area contributed by atoms with Crippen LogP contribution in [0.1, 0.15) is 0 Å². The van der Waals surface area contributed by atoms with E-state index in [-0.39, 0.29) is 0 Å². The van der Waals surface area contributed by atoms with E-state index in [0.717, 1.165) is 50.6 Å². The van der Waals surface area contributed by atoms with E-state index in [1.807, 2.05) is 42.5 Å². The third-order valence-corrected chi connectivity index (χ3v) is 5.60.